The van der Waals surface area contributed by atoms with Crippen molar-refractivity contribution in [3.63, 3.8) is 0 Å². The van der Waals surface area contributed by atoms with E-state index in [1.807, 2.05) is 0 Å². The number of para-hydroxylation sites is 1. The SMILES string of the molecule is Cc1nc(N)sc1C(=O)Nc1ccccc1C(N)=O. The summed E-state index contributed by atoms with van der Waals surface area (Å²) in [4.78, 5) is 27.7. The Bertz CT molecular complexity index is 651. The fourth-order valence-electron chi connectivity index (χ4n) is 1.61. The summed E-state index contributed by atoms with van der Waals surface area (Å²) < 4.78 is 0. The Morgan fingerprint density at radius 2 is 2.00 bits per heavy atom. The largest absolute Gasteiger partial charge is 0.375 e. The standard InChI is InChI=1S/C12H12N4O2S/c1-6-9(19-12(14)15-6)11(18)16-8-5-3-2-4-7(8)10(13)17/h2-5H,1H3,(H2,13,17)(H2,14,15)(H,16,18). The van der Waals surface area contributed by atoms with Crippen molar-refractivity contribution in [1.82, 2.24) is 4.98 Å². The molecule has 0 saturated heterocycles. The second kappa shape index (κ2) is 5.07. The molecule has 2 amide bonds. The van der Waals surface area contributed by atoms with Gasteiger partial charge < -0.3 is 16.8 Å². The van der Waals surface area contributed by atoms with Gasteiger partial charge in [0, 0.05) is 0 Å². The van der Waals surface area contributed by atoms with Crippen molar-refractivity contribution in [3.8, 4) is 0 Å². The minimum atomic E-state index is -0.601. The first kappa shape index (κ1) is 13.0. The topological polar surface area (TPSA) is 111 Å². The van der Waals surface area contributed by atoms with Crippen LogP contribution < -0.4 is 16.8 Å². The highest BCUT2D eigenvalue weighted by molar-refractivity contribution is 7.17. The van der Waals surface area contributed by atoms with Gasteiger partial charge in [0.1, 0.15) is 4.88 Å². The molecular weight excluding hydrogens is 264 g/mol. The summed E-state index contributed by atoms with van der Waals surface area (Å²) in [5.41, 5.74) is 12.0. The van der Waals surface area contributed by atoms with Gasteiger partial charge in [-0.1, -0.05) is 23.5 Å². The van der Waals surface area contributed by atoms with Crippen LogP contribution in [0.1, 0.15) is 25.7 Å². The molecule has 0 bridgehead atoms. The zero-order valence-corrected chi connectivity index (χ0v) is 11.0. The maximum atomic E-state index is 12.1. The average molecular weight is 276 g/mol. The van der Waals surface area contributed by atoms with Crippen LogP contribution in [0.15, 0.2) is 24.3 Å². The Kier molecular flexibility index (Phi) is 3.48. The third-order valence-corrected chi connectivity index (χ3v) is 3.45. The van der Waals surface area contributed by atoms with E-state index >= 15 is 0 Å². The van der Waals surface area contributed by atoms with Gasteiger partial charge in [0.05, 0.1) is 16.9 Å². The van der Waals surface area contributed by atoms with Crippen molar-refractivity contribution < 1.29 is 9.59 Å². The number of rotatable bonds is 3. The lowest BCUT2D eigenvalue weighted by molar-refractivity contribution is 0.100. The highest BCUT2D eigenvalue weighted by Crippen LogP contribution is 2.22. The van der Waals surface area contributed by atoms with Gasteiger partial charge in [-0.25, -0.2) is 4.98 Å². The van der Waals surface area contributed by atoms with E-state index in [0.29, 0.717) is 21.4 Å². The molecule has 7 heteroatoms. The predicted octanol–water partition coefficient (Wildman–Crippen LogP) is 1.38. The Hall–Kier alpha value is -2.41. The number of nitrogens with one attached hydrogen (secondary N) is 1. The van der Waals surface area contributed by atoms with E-state index in [1.165, 1.54) is 0 Å². The fourth-order valence-corrected chi connectivity index (χ4v) is 2.34. The number of aryl methyl sites for hydroxylation is 1. The lowest BCUT2D eigenvalue weighted by atomic mass is 10.1. The number of carbonyl (C=O) groups excluding carboxylic acids is 2. The van der Waals surface area contributed by atoms with Crippen LogP contribution in [0, 0.1) is 6.92 Å². The van der Waals surface area contributed by atoms with Crippen molar-refractivity contribution >= 4 is 34.0 Å². The monoisotopic (exact) mass is 276 g/mol. The zero-order valence-electron chi connectivity index (χ0n) is 10.1. The lowest BCUT2D eigenvalue weighted by Crippen LogP contribution is -2.18. The smallest absolute Gasteiger partial charge is 0.267 e. The molecule has 0 unspecified atom stereocenters. The summed E-state index contributed by atoms with van der Waals surface area (Å²) in [6.07, 6.45) is 0. The maximum absolute atomic E-state index is 12.1. The number of hydrogen-bond acceptors (Lipinski definition) is 5. The van der Waals surface area contributed by atoms with Crippen LogP contribution in [-0.2, 0) is 0 Å². The van der Waals surface area contributed by atoms with Crippen LogP contribution >= 0.6 is 11.3 Å². The first-order valence-electron chi connectivity index (χ1n) is 5.42. The summed E-state index contributed by atoms with van der Waals surface area (Å²) in [6, 6.07) is 6.53. The van der Waals surface area contributed by atoms with E-state index in [1.54, 1.807) is 31.2 Å². The van der Waals surface area contributed by atoms with Crippen molar-refractivity contribution in [2.45, 2.75) is 6.92 Å². The molecule has 19 heavy (non-hydrogen) atoms. The number of hydrogen-bond donors (Lipinski definition) is 3. The molecule has 98 valence electrons. The van der Waals surface area contributed by atoms with Gasteiger partial charge in [0.15, 0.2) is 5.13 Å². The van der Waals surface area contributed by atoms with Gasteiger partial charge in [-0.2, -0.15) is 0 Å². The number of anilines is 2. The third-order valence-electron chi connectivity index (χ3n) is 2.46. The van der Waals surface area contributed by atoms with Crippen LogP contribution in [-0.4, -0.2) is 16.8 Å². The molecule has 0 fully saturated rings. The van der Waals surface area contributed by atoms with Gasteiger partial charge in [-0.05, 0) is 19.1 Å². The number of nitrogens with zero attached hydrogens (tertiary/aromatic N) is 1. The van der Waals surface area contributed by atoms with Crippen LogP contribution in [0.4, 0.5) is 10.8 Å². The minimum Gasteiger partial charge on any atom is -0.375 e. The first-order valence-corrected chi connectivity index (χ1v) is 6.23. The van der Waals surface area contributed by atoms with E-state index in [4.69, 9.17) is 11.5 Å². The molecule has 2 aromatic rings. The molecule has 0 saturated carbocycles. The molecule has 0 aliphatic heterocycles. The number of nitrogens with two attached hydrogens (primary N) is 2. The summed E-state index contributed by atoms with van der Waals surface area (Å²) in [5, 5.41) is 2.96. The van der Waals surface area contributed by atoms with E-state index < -0.39 is 5.91 Å². The highest BCUT2D eigenvalue weighted by Gasteiger charge is 2.16. The van der Waals surface area contributed by atoms with E-state index in [-0.39, 0.29) is 11.5 Å². The van der Waals surface area contributed by atoms with Gasteiger partial charge in [-0.15, -0.1) is 0 Å². The number of primary amides is 1. The molecule has 6 nitrogen and oxygen atoms in total. The van der Waals surface area contributed by atoms with Crippen LogP contribution in [0.5, 0.6) is 0 Å². The summed E-state index contributed by atoms with van der Waals surface area (Å²) >= 11 is 1.09. The maximum Gasteiger partial charge on any atom is 0.267 e. The molecule has 0 atom stereocenters. The van der Waals surface area contributed by atoms with Crippen molar-refractivity contribution in [2.24, 2.45) is 5.73 Å². The molecule has 0 radical (unpaired) electrons. The van der Waals surface area contributed by atoms with Crippen molar-refractivity contribution in [2.75, 3.05) is 11.1 Å². The van der Waals surface area contributed by atoms with E-state index in [9.17, 15) is 9.59 Å². The number of thiazole rings is 1. The lowest BCUT2D eigenvalue weighted by Gasteiger charge is -2.07. The van der Waals surface area contributed by atoms with Gasteiger partial charge in [0.2, 0.25) is 0 Å². The average Bonchev–Trinajstić information content (AvgIpc) is 2.69. The van der Waals surface area contributed by atoms with E-state index in [2.05, 4.69) is 10.3 Å². The molecule has 5 N–H and O–H groups in total. The molecule has 1 aromatic heterocycles. The summed E-state index contributed by atoms with van der Waals surface area (Å²) in [5.74, 6) is -0.961. The molecule has 0 aliphatic rings. The Morgan fingerprint density at radius 3 is 2.58 bits per heavy atom. The molecule has 0 spiro atoms. The van der Waals surface area contributed by atoms with Gasteiger partial charge in [-0.3, -0.25) is 9.59 Å². The summed E-state index contributed by atoms with van der Waals surface area (Å²) in [6.45, 7) is 1.70. The molecule has 2 rings (SSSR count). The molecule has 0 aliphatic carbocycles. The highest BCUT2D eigenvalue weighted by atomic mass is 32.1. The number of aromatic nitrogens is 1. The van der Waals surface area contributed by atoms with E-state index in [0.717, 1.165) is 11.3 Å². The third kappa shape index (κ3) is 2.71. The Balaban J connectivity index is 2.29. The predicted molar refractivity (Wildman–Crippen MR) is 74.2 cm³/mol. The van der Waals surface area contributed by atoms with Gasteiger partial charge in [0.25, 0.3) is 11.8 Å². The number of carbonyl (C=O) groups is 2. The van der Waals surface area contributed by atoms with Gasteiger partial charge >= 0.3 is 0 Å². The summed E-state index contributed by atoms with van der Waals surface area (Å²) in [7, 11) is 0. The number of benzene rings is 1. The molecular formula is C12H12N4O2S. The fraction of sp³-hybridized carbons (Fsp3) is 0.0833. The van der Waals surface area contributed by atoms with Crippen molar-refractivity contribution in [3.05, 3.63) is 40.4 Å². The Morgan fingerprint density at radius 1 is 1.32 bits per heavy atom. The molecule has 1 aromatic carbocycles. The van der Waals surface area contributed by atoms with Crippen LogP contribution in [0.25, 0.3) is 0 Å². The minimum absolute atomic E-state index is 0.256. The normalized spacial score (nSPS) is 10.2. The second-order valence-corrected chi connectivity index (χ2v) is 4.86. The number of nitrogen functional groups attached to an aromatic ring is 1. The zero-order chi connectivity index (χ0) is 14.0. The second-order valence-electron chi connectivity index (χ2n) is 3.83. The van der Waals surface area contributed by atoms with Crippen molar-refractivity contribution in [1.29, 1.82) is 0 Å². The number of amides is 2. The van der Waals surface area contributed by atoms with Crippen LogP contribution in [0.3, 0.4) is 0 Å². The Labute approximate surface area is 113 Å². The first-order chi connectivity index (χ1) is 8.99. The van der Waals surface area contributed by atoms with Crippen LogP contribution in [0.2, 0.25) is 0 Å². The molecule has 1 heterocycles. The quantitative estimate of drug-likeness (QED) is 0.786.